The van der Waals surface area contributed by atoms with Gasteiger partial charge in [0, 0.05) is 5.41 Å². The molecule has 0 bridgehead atoms. The second kappa shape index (κ2) is 19.2. The van der Waals surface area contributed by atoms with Crippen LogP contribution in [0.1, 0.15) is 86.5 Å². The van der Waals surface area contributed by atoms with Crippen LogP contribution >= 0.6 is 0 Å². The maximum Gasteiger partial charge on any atom is 0.335 e. The van der Waals surface area contributed by atoms with Crippen molar-refractivity contribution >= 4 is 5.97 Å². The van der Waals surface area contributed by atoms with E-state index in [1.54, 1.807) is 0 Å². The lowest BCUT2D eigenvalue weighted by atomic mass is 9.33. The van der Waals surface area contributed by atoms with E-state index in [9.17, 15) is 81.4 Å². The molecule has 0 spiro atoms. The van der Waals surface area contributed by atoms with Gasteiger partial charge in [0.2, 0.25) is 0 Å². The average Bonchev–Trinajstić information content (AvgIpc) is 3.31. The Morgan fingerprint density at radius 1 is 0.629 bits per heavy atom. The van der Waals surface area contributed by atoms with Gasteiger partial charge in [0.05, 0.1) is 56.3 Å². The molecule has 70 heavy (non-hydrogen) atoms. The highest BCUT2D eigenvalue weighted by Gasteiger charge is 2.73. The van der Waals surface area contributed by atoms with Crippen LogP contribution in [-0.2, 0) is 33.2 Å². The molecular weight excluding hydrogens is 929 g/mol. The number of allylic oxidation sites excluding steroid dienone is 2. The molecule has 0 amide bonds. The Hall–Kier alpha value is -1.59. The third-order valence-electron chi connectivity index (χ3n) is 19.8. The van der Waals surface area contributed by atoms with E-state index < -0.39 is 187 Å². The fourth-order valence-electron chi connectivity index (χ4n) is 15.4. The summed E-state index contributed by atoms with van der Waals surface area (Å²) in [7, 11) is 0. The van der Waals surface area contributed by atoms with Crippen LogP contribution in [0.5, 0.6) is 0 Å². The Labute approximate surface area is 406 Å². The molecule has 3 saturated heterocycles. The van der Waals surface area contributed by atoms with Crippen molar-refractivity contribution in [1.82, 2.24) is 0 Å². The van der Waals surface area contributed by atoms with Gasteiger partial charge in [0.15, 0.2) is 25.0 Å². The zero-order valence-electron chi connectivity index (χ0n) is 40.6. The molecule has 22 nitrogen and oxygen atoms in total. The van der Waals surface area contributed by atoms with Crippen LogP contribution in [0.4, 0.5) is 0 Å². The SMILES string of the molecule is CC1(C)CC2C3=CC[C@@H]4C5(C)CCC(O[C@@H]6O[C@H](C(=O)O)C(OC7OC(CO)[C@@H](O)C(O)[C@H]7O)[C@H](O)C6OC6OC(CO)[C@@H](O)C(O)[C@H]6O)[C@](C)(CO)[C@@H]5CCC4(C)[C@]3(C)C[C@@H](O)C2(CO)[C@@H](O)C1O. The van der Waals surface area contributed by atoms with Gasteiger partial charge in [-0.1, -0.05) is 53.2 Å². The summed E-state index contributed by atoms with van der Waals surface area (Å²) in [6.45, 7) is 9.60. The van der Waals surface area contributed by atoms with Crippen molar-refractivity contribution < 1.29 is 110 Å². The predicted octanol–water partition coefficient (Wildman–Crippen LogP) is -3.41. The van der Waals surface area contributed by atoms with Crippen molar-refractivity contribution in [1.29, 1.82) is 0 Å². The van der Waals surface area contributed by atoms with E-state index in [2.05, 4.69) is 26.8 Å². The van der Waals surface area contributed by atoms with Crippen LogP contribution in [0.3, 0.4) is 0 Å². The van der Waals surface area contributed by atoms with Crippen molar-refractivity contribution in [3.63, 3.8) is 0 Å². The molecule has 8 aliphatic rings. The molecule has 14 unspecified atom stereocenters. The smallest absolute Gasteiger partial charge is 0.335 e. The van der Waals surface area contributed by atoms with Crippen molar-refractivity contribution in [3.8, 4) is 0 Å². The third-order valence-corrected chi connectivity index (χ3v) is 19.8. The van der Waals surface area contributed by atoms with E-state index in [1.165, 1.54) is 0 Å². The lowest BCUT2D eigenvalue weighted by molar-refractivity contribution is -0.392. The molecule has 27 atom stereocenters. The van der Waals surface area contributed by atoms with E-state index in [-0.39, 0.29) is 24.7 Å². The Bertz CT molecular complexity index is 1920. The molecule has 4 saturated carbocycles. The van der Waals surface area contributed by atoms with Gasteiger partial charge in [0.1, 0.15) is 67.1 Å². The molecule has 22 heteroatoms. The normalized spacial score (nSPS) is 55.6. The number of aliphatic hydroxyl groups excluding tert-OH is 14. The zero-order valence-corrected chi connectivity index (χ0v) is 40.6. The summed E-state index contributed by atoms with van der Waals surface area (Å²) in [6, 6.07) is 0. The van der Waals surface area contributed by atoms with Gasteiger partial charge in [-0.2, -0.15) is 0 Å². The number of fused-ring (bicyclic) bond motifs is 7. The van der Waals surface area contributed by atoms with Gasteiger partial charge in [-0.05, 0) is 84.4 Å². The van der Waals surface area contributed by atoms with Crippen molar-refractivity contribution in [2.45, 2.75) is 203 Å². The Morgan fingerprint density at radius 2 is 1.20 bits per heavy atom. The average molecular weight is 1010 g/mol. The Kier molecular flexibility index (Phi) is 15.0. The van der Waals surface area contributed by atoms with Gasteiger partial charge in [-0.25, -0.2) is 4.79 Å². The van der Waals surface area contributed by atoms with E-state index >= 15 is 0 Å². The van der Waals surface area contributed by atoms with Crippen LogP contribution in [-0.4, -0.2) is 226 Å². The van der Waals surface area contributed by atoms with Crippen molar-refractivity contribution in [2.24, 2.45) is 50.2 Å². The van der Waals surface area contributed by atoms with Crippen molar-refractivity contribution in [3.05, 3.63) is 11.6 Å². The van der Waals surface area contributed by atoms with Crippen LogP contribution < -0.4 is 0 Å². The summed E-state index contributed by atoms with van der Waals surface area (Å²) >= 11 is 0. The summed E-state index contributed by atoms with van der Waals surface area (Å²) in [6.07, 6.45) is -27.6. The molecule has 0 aromatic heterocycles. The van der Waals surface area contributed by atoms with Gasteiger partial charge in [-0.3, -0.25) is 0 Å². The van der Waals surface area contributed by atoms with Crippen LogP contribution in [0, 0.1) is 50.2 Å². The monoisotopic (exact) mass is 1010 g/mol. The molecule has 0 aromatic rings. The minimum Gasteiger partial charge on any atom is -0.479 e. The number of hydrogen-bond donors (Lipinski definition) is 15. The number of aliphatic carboxylic acids is 1. The zero-order chi connectivity index (χ0) is 51.6. The van der Waals surface area contributed by atoms with Crippen LogP contribution in [0.2, 0.25) is 0 Å². The largest absolute Gasteiger partial charge is 0.479 e. The molecule has 15 N–H and O–H groups in total. The molecule has 8 rings (SSSR count). The molecule has 5 aliphatic carbocycles. The van der Waals surface area contributed by atoms with Crippen LogP contribution in [0.15, 0.2) is 11.6 Å². The first-order chi connectivity index (χ1) is 32.7. The number of carbonyl (C=O) groups is 1. The number of ether oxygens (including phenoxy) is 6. The first-order valence-electron chi connectivity index (χ1n) is 24.8. The predicted molar refractivity (Wildman–Crippen MR) is 236 cm³/mol. The van der Waals surface area contributed by atoms with Gasteiger partial charge < -0.3 is 105 Å². The maximum absolute atomic E-state index is 13.0. The molecule has 402 valence electrons. The number of carboxylic acids is 1. The topological polar surface area (TPSA) is 376 Å². The van der Waals surface area contributed by atoms with E-state index in [1.807, 2.05) is 20.8 Å². The van der Waals surface area contributed by atoms with E-state index in [4.69, 9.17) is 28.4 Å². The van der Waals surface area contributed by atoms with Gasteiger partial charge >= 0.3 is 5.97 Å². The molecule has 3 heterocycles. The summed E-state index contributed by atoms with van der Waals surface area (Å²) in [4.78, 5) is 13.0. The van der Waals surface area contributed by atoms with E-state index in [0.29, 0.717) is 32.1 Å². The quantitative estimate of drug-likeness (QED) is 0.0708. The highest BCUT2D eigenvalue weighted by Crippen LogP contribution is 2.76. The maximum atomic E-state index is 13.0. The summed E-state index contributed by atoms with van der Waals surface area (Å²) in [5.74, 6) is -2.40. The number of carboxylic acid groups (broad SMARTS) is 1. The molecule has 0 aromatic carbocycles. The Morgan fingerprint density at radius 3 is 1.73 bits per heavy atom. The number of aliphatic hydroxyl groups is 14. The molecule has 3 aliphatic heterocycles. The molecule has 0 radical (unpaired) electrons. The second-order valence-corrected chi connectivity index (χ2v) is 23.6. The van der Waals surface area contributed by atoms with Gasteiger partial charge in [-0.15, -0.1) is 0 Å². The highest BCUT2D eigenvalue weighted by atomic mass is 16.8. The first kappa shape index (κ1) is 54.7. The molecular formula is C48H78O22. The van der Waals surface area contributed by atoms with Gasteiger partial charge in [0.25, 0.3) is 0 Å². The first-order valence-corrected chi connectivity index (χ1v) is 24.8. The fourth-order valence-corrected chi connectivity index (χ4v) is 15.4. The van der Waals surface area contributed by atoms with Crippen LogP contribution in [0.25, 0.3) is 0 Å². The fraction of sp³-hybridized carbons (Fsp3) is 0.938. The summed E-state index contributed by atoms with van der Waals surface area (Å²) in [5.41, 5.74) is -3.63. The molecule has 7 fully saturated rings. The Balaban J connectivity index is 1.11. The number of rotatable bonds is 11. The summed E-state index contributed by atoms with van der Waals surface area (Å²) in [5, 5.41) is 164. The highest BCUT2D eigenvalue weighted by molar-refractivity contribution is 5.73. The van der Waals surface area contributed by atoms with E-state index in [0.717, 1.165) is 5.57 Å². The lowest BCUT2D eigenvalue weighted by Gasteiger charge is -2.72. The number of hydrogen-bond acceptors (Lipinski definition) is 21. The van der Waals surface area contributed by atoms with Crippen molar-refractivity contribution in [2.75, 3.05) is 26.4 Å². The standard InChI is InChI=1S/C48H78O22/c1-43(2)13-20-19-7-8-24-44(3)11-10-26(45(4,17-51)23(44)9-12-46(24,5)47(19,6)14-25(53)48(20,18-52)38(62)37(43)61)67-42-35(69-41-32(59)30(57)28(55)22(16-50)66-41)33(60)34(36(70-42)39(63)64)68-40-31(58)29(56)27(54)21(15-49)65-40/h7,20-38,40-42,49-62H,8-18H2,1-6H3,(H,63,64)/t20?,21?,22?,23-,24-,25-,26?,27-,28-,29?,30?,31-,32-,33+,34?,35?,36+,37?,38+,40?,41?,42-,44?,45-,46?,47-,48?/m1/s1. The minimum absolute atomic E-state index is 0.0213. The lowest BCUT2D eigenvalue weighted by Crippen LogP contribution is -2.72. The third kappa shape index (κ3) is 8.00. The minimum atomic E-state index is -2.15. The summed E-state index contributed by atoms with van der Waals surface area (Å²) < 4.78 is 35.7. The second-order valence-electron chi connectivity index (χ2n) is 23.6.